The zero-order chi connectivity index (χ0) is 24.3. The highest BCUT2D eigenvalue weighted by molar-refractivity contribution is 5.73. The van der Waals surface area contributed by atoms with Crippen molar-refractivity contribution in [3.05, 3.63) is 115 Å². The third-order valence-corrected chi connectivity index (χ3v) is 6.00. The van der Waals surface area contributed by atoms with E-state index in [1.165, 1.54) is 28.9 Å². The maximum Gasteiger partial charge on any atom is 0.139 e. The van der Waals surface area contributed by atoms with Gasteiger partial charge in [-0.1, -0.05) is 55.6 Å². The Labute approximate surface area is 202 Å². The van der Waals surface area contributed by atoms with Gasteiger partial charge in [-0.2, -0.15) is 0 Å². The Balaban J connectivity index is 1.80. The summed E-state index contributed by atoms with van der Waals surface area (Å²) in [6.07, 6.45) is 9.61. The number of halogens is 1. The van der Waals surface area contributed by atoms with Crippen molar-refractivity contribution in [2.75, 3.05) is 19.6 Å². The van der Waals surface area contributed by atoms with Crippen LogP contribution in [-0.4, -0.2) is 35.8 Å². The Morgan fingerprint density at radius 3 is 2.59 bits per heavy atom. The molecule has 0 bridgehead atoms. The highest BCUT2D eigenvalue weighted by atomic mass is 19.1. The molecular formula is C28H34FN5. The third-order valence-electron chi connectivity index (χ3n) is 6.00. The van der Waals surface area contributed by atoms with Gasteiger partial charge >= 0.3 is 0 Å². The van der Waals surface area contributed by atoms with Crippen LogP contribution in [0.3, 0.4) is 0 Å². The van der Waals surface area contributed by atoms with Gasteiger partial charge in [-0.25, -0.2) is 15.2 Å². The number of allylic oxidation sites excluding steroid dienone is 3. The molecule has 0 amide bonds. The minimum Gasteiger partial charge on any atom is -0.405 e. The van der Waals surface area contributed by atoms with Crippen molar-refractivity contribution < 1.29 is 4.39 Å². The fourth-order valence-electron chi connectivity index (χ4n) is 4.13. The lowest BCUT2D eigenvalue weighted by Crippen LogP contribution is -2.42. The Bertz CT molecular complexity index is 1040. The van der Waals surface area contributed by atoms with E-state index in [1.54, 1.807) is 24.4 Å². The van der Waals surface area contributed by atoms with Gasteiger partial charge in [0.2, 0.25) is 0 Å². The zero-order valence-electron chi connectivity index (χ0n) is 19.6. The number of nitrogens with two attached hydrogens (primary N) is 2. The second kappa shape index (κ2) is 12.7. The number of benzene rings is 2. The molecule has 0 aromatic heterocycles. The first-order chi connectivity index (χ1) is 16.5. The molecular weight excluding hydrogens is 425 g/mol. The second-order valence-electron chi connectivity index (χ2n) is 8.43. The van der Waals surface area contributed by atoms with Crippen molar-refractivity contribution in [1.29, 1.82) is 0 Å². The normalized spacial score (nSPS) is 17.4. The van der Waals surface area contributed by atoms with E-state index in [0.717, 1.165) is 55.7 Å². The summed E-state index contributed by atoms with van der Waals surface area (Å²) in [5.41, 5.74) is 9.21. The predicted octanol–water partition coefficient (Wildman–Crippen LogP) is 4.87. The summed E-state index contributed by atoms with van der Waals surface area (Å²) in [6, 6.07) is 16.8. The van der Waals surface area contributed by atoms with E-state index in [0.29, 0.717) is 5.82 Å². The minimum atomic E-state index is -0.279. The number of nitrogens with zero attached hydrogens (tertiary/aromatic N) is 3. The molecule has 34 heavy (non-hydrogen) atoms. The molecule has 2 aromatic rings. The monoisotopic (exact) mass is 459 g/mol. The van der Waals surface area contributed by atoms with Crippen LogP contribution < -0.4 is 11.6 Å². The number of piperidine rings is 1. The highest BCUT2D eigenvalue weighted by Crippen LogP contribution is 2.29. The molecule has 5 nitrogen and oxygen atoms in total. The van der Waals surface area contributed by atoms with E-state index < -0.39 is 0 Å². The number of aliphatic imine (C=N–C) groups is 1. The van der Waals surface area contributed by atoms with Crippen LogP contribution >= 0.6 is 0 Å². The van der Waals surface area contributed by atoms with E-state index in [2.05, 4.69) is 47.3 Å². The van der Waals surface area contributed by atoms with Gasteiger partial charge in [0, 0.05) is 30.9 Å². The summed E-state index contributed by atoms with van der Waals surface area (Å²) >= 11 is 0. The Morgan fingerprint density at radius 1 is 1.15 bits per heavy atom. The van der Waals surface area contributed by atoms with Gasteiger partial charge in [-0.15, -0.1) is 0 Å². The third kappa shape index (κ3) is 7.27. The standard InChI is InChI=1S/C28H34FN5/c1-22(25-11-13-27(29)14-12-25)20-28(34(31)23(2)32-17-7-16-30)26-10-6-18-33(21-26)19-15-24-8-4-3-5-9-24/h3-5,7-9,11-14,16-17,20,26H,1-2,6,10,15,18-19,21,30-31H2/b16-7-,28-20-,32-17-. The maximum absolute atomic E-state index is 13.4. The smallest absolute Gasteiger partial charge is 0.139 e. The van der Waals surface area contributed by atoms with E-state index >= 15 is 0 Å². The highest BCUT2D eigenvalue weighted by Gasteiger charge is 2.26. The fraction of sp³-hybridized carbons (Fsp3) is 0.250. The first-order valence-electron chi connectivity index (χ1n) is 11.6. The molecule has 1 heterocycles. The summed E-state index contributed by atoms with van der Waals surface area (Å²) in [7, 11) is 0. The van der Waals surface area contributed by atoms with Gasteiger partial charge in [-0.05, 0) is 73.0 Å². The van der Waals surface area contributed by atoms with Crippen molar-refractivity contribution in [3.8, 4) is 0 Å². The van der Waals surface area contributed by atoms with Crippen LogP contribution in [0.25, 0.3) is 5.57 Å². The molecule has 1 atom stereocenters. The molecule has 1 aliphatic heterocycles. The topological polar surface area (TPSA) is 70.9 Å². The summed E-state index contributed by atoms with van der Waals surface area (Å²) in [5, 5.41) is 1.53. The van der Waals surface area contributed by atoms with Crippen LogP contribution in [0.4, 0.5) is 4.39 Å². The fourth-order valence-corrected chi connectivity index (χ4v) is 4.13. The molecule has 0 saturated carbocycles. The second-order valence-corrected chi connectivity index (χ2v) is 8.43. The Hall–Kier alpha value is -3.48. The van der Waals surface area contributed by atoms with E-state index in [-0.39, 0.29) is 11.7 Å². The Kier molecular flexibility index (Phi) is 9.38. The molecule has 1 saturated heterocycles. The lowest BCUT2D eigenvalue weighted by molar-refractivity contribution is 0.175. The van der Waals surface area contributed by atoms with Crippen LogP contribution in [0.2, 0.25) is 0 Å². The SMILES string of the molecule is C=C(/C=C(/C1CCCN(CCc2ccccc2)C1)N(N)C(=C)/N=C\C=C/N)c1ccc(F)cc1. The summed E-state index contributed by atoms with van der Waals surface area (Å²) < 4.78 is 13.4. The van der Waals surface area contributed by atoms with Gasteiger partial charge in [0.25, 0.3) is 0 Å². The maximum atomic E-state index is 13.4. The Morgan fingerprint density at radius 2 is 1.88 bits per heavy atom. The lowest BCUT2D eigenvalue weighted by atomic mass is 9.92. The largest absolute Gasteiger partial charge is 0.405 e. The molecule has 6 heteroatoms. The molecule has 2 aromatic carbocycles. The van der Waals surface area contributed by atoms with Gasteiger partial charge in [0.1, 0.15) is 11.6 Å². The molecule has 1 aliphatic rings. The molecule has 3 rings (SSSR count). The van der Waals surface area contributed by atoms with Gasteiger partial charge in [-0.3, -0.25) is 5.01 Å². The molecule has 1 unspecified atom stereocenters. The van der Waals surface area contributed by atoms with Crippen molar-refractivity contribution in [1.82, 2.24) is 9.91 Å². The molecule has 0 aliphatic carbocycles. The quantitative estimate of drug-likeness (QED) is 0.230. The summed E-state index contributed by atoms with van der Waals surface area (Å²) in [4.78, 5) is 6.78. The first kappa shape index (κ1) is 25.1. The number of likely N-dealkylation sites (tertiary alicyclic amines) is 1. The van der Waals surface area contributed by atoms with Crippen LogP contribution in [0.15, 0.2) is 103 Å². The average molecular weight is 460 g/mol. The molecule has 0 radical (unpaired) electrons. The van der Waals surface area contributed by atoms with E-state index in [9.17, 15) is 4.39 Å². The van der Waals surface area contributed by atoms with Gasteiger partial charge in [0.15, 0.2) is 0 Å². The van der Waals surface area contributed by atoms with Crippen LogP contribution in [0, 0.1) is 11.7 Å². The zero-order valence-corrected chi connectivity index (χ0v) is 19.6. The van der Waals surface area contributed by atoms with Crippen LogP contribution in [0.1, 0.15) is 24.0 Å². The molecule has 4 N–H and O–H groups in total. The van der Waals surface area contributed by atoms with E-state index in [4.69, 9.17) is 11.6 Å². The van der Waals surface area contributed by atoms with E-state index in [1.807, 2.05) is 12.1 Å². The number of rotatable bonds is 10. The molecule has 178 valence electrons. The molecule has 0 spiro atoms. The van der Waals surface area contributed by atoms with Crippen molar-refractivity contribution >= 4 is 11.8 Å². The average Bonchev–Trinajstić information content (AvgIpc) is 2.87. The lowest BCUT2D eigenvalue weighted by Gasteiger charge is -2.37. The number of hydrazine groups is 1. The minimum absolute atomic E-state index is 0.184. The predicted molar refractivity (Wildman–Crippen MR) is 140 cm³/mol. The van der Waals surface area contributed by atoms with Crippen LogP contribution in [-0.2, 0) is 6.42 Å². The summed E-state index contributed by atoms with van der Waals surface area (Å²) in [5.74, 6) is 6.82. The van der Waals surface area contributed by atoms with Crippen LogP contribution in [0.5, 0.6) is 0 Å². The van der Waals surface area contributed by atoms with Crippen molar-refractivity contribution in [2.45, 2.75) is 19.3 Å². The molecule has 1 fully saturated rings. The number of hydrogen-bond acceptors (Lipinski definition) is 5. The van der Waals surface area contributed by atoms with Gasteiger partial charge in [0.05, 0.1) is 0 Å². The van der Waals surface area contributed by atoms with Crippen molar-refractivity contribution in [3.63, 3.8) is 0 Å². The summed E-state index contributed by atoms with van der Waals surface area (Å²) in [6.45, 7) is 11.2. The van der Waals surface area contributed by atoms with Crippen molar-refractivity contribution in [2.24, 2.45) is 22.5 Å². The van der Waals surface area contributed by atoms with Gasteiger partial charge < -0.3 is 10.6 Å². The number of hydrogen-bond donors (Lipinski definition) is 2. The first-order valence-corrected chi connectivity index (χ1v) is 11.6.